The molecule has 148 valence electrons. The number of nitrogens with one attached hydrogen (secondary N) is 2. The van der Waals surface area contributed by atoms with Crippen LogP contribution < -0.4 is 15.4 Å². The number of aryl methyl sites for hydroxylation is 1. The molecule has 0 saturated heterocycles. The zero-order valence-corrected chi connectivity index (χ0v) is 15.9. The summed E-state index contributed by atoms with van der Waals surface area (Å²) in [5.74, 6) is -0.790. The van der Waals surface area contributed by atoms with Crippen LogP contribution in [0, 0.1) is 12.7 Å². The quantitative estimate of drug-likeness (QED) is 0.802. The lowest BCUT2D eigenvalue weighted by atomic mass is 9.92. The fourth-order valence-corrected chi connectivity index (χ4v) is 3.41. The van der Waals surface area contributed by atoms with Crippen LogP contribution in [-0.2, 0) is 4.79 Å². The molecule has 1 saturated carbocycles. The molecule has 28 heavy (non-hydrogen) atoms. The van der Waals surface area contributed by atoms with E-state index in [-0.39, 0.29) is 36.3 Å². The molecule has 0 spiro atoms. The molecule has 2 aromatic rings. The van der Waals surface area contributed by atoms with Crippen LogP contribution in [-0.4, -0.2) is 30.5 Å². The summed E-state index contributed by atoms with van der Waals surface area (Å²) in [6.45, 7) is 1.79. The van der Waals surface area contributed by atoms with Crippen molar-refractivity contribution in [2.45, 2.75) is 44.8 Å². The minimum Gasteiger partial charge on any atom is -0.485 e. The van der Waals surface area contributed by atoms with E-state index in [0.29, 0.717) is 5.56 Å². The van der Waals surface area contributed by atoms with E-state index in [4.69, 9.17) is 4.74 Å². The summed E-state index contributed by atoms with van der Waals surface area (Å²) in [4.78, 5) is 24.5. The number of hydrogen-bond acceptors (Lipinski definition) is 3. The highest BCUT2D eigenvalue weighted by Gasteiger charge is 2.28. The molecule has 0 bridgehead atoms. The number of carbonyl (C=O) groups is 2. The van der Waals surface area contributed by atoms with E-state index in [2.05, 4.69) is 10.6 Å². The fourth-order valence-electron chi connectivity index (χ4n) is 3.41. The Kier molecular flexibility index (Phi) is 6.63. The lowest BCUT2D eigenvalue weighted by Gasteiger charge is -2.32. The molecule has 0 aliphatic heterocycles. The Balaban J connectivity index is 1.54. The van der Waals surface area contributed by atoms with Gasteiger partial charge in [-0.15, -0.1) is 0 Å². The van der Waals surface area contributed by atoms with Crippen LogP contribution in [0.25, 0.3) is 0 Å². The molecule has 0 aromatic heterocycles. The molecule has 0 heterocycles. The molecule has 3 rings (SSSR count). The Labute approximate surface area is 164 Å². The summed E-state index contributed by atoms with van der Waals surface area (Å²) in [5.41, 5.74) is 1.50. The Hall–Kier alpha value is -2.89. The Morgan fingerprint density at radius 3 is 2.68 bits per heavy atom. The first-order valence-corrected chi connectivity index (χ1v) is 9.58. The topological polar surface area (TPSA) is 67.4 Å². The Morgan fingerprint density at radius 1 is 1.11 bits per heavy atom. The number of para-hydroxylation sites is 1. The zero-order chi connectivity index (χ0) is 19.9. The third kappa shape index (κ3) is 5.31. The van der Waals surface area contributed by atoms with Crippen LogP contribution in [0.4, 0.5) is 4.39 Å². The minimum atomic E-state index is -0.413. The molecular formula is C22H25FN2O3. The van der Waals surface area contributed by atoms with Crippen molar-refractivity contribution in [3.63, 3.8) is 0 Å². The van der Waals surface area contributed by atoms with Gasteiger partial charge in [-0.25, -0.2) is 4.39 Å². The lowest BCUT2D eigenvalue weighted by Crippen LogP contribution is -2.50. The van der Waals surface area contributed by atoms with Gasteiger partial charge >= 0.3 is 0 Å². The number of amides is 2. The third-order valence-corrected chi connectivity index (χ3v) is 4.85. The van der Waals surface area contributed by atoms with E-state index in [1.165, 1.54) is 6.07 Å². The molecule has 1 fully saturated rings. The predicted octanol–water partition coefficient (Wildman–Crippen LogP) is 3.37. The highest BCUT2D eigenvalue weighted by molar-refractivity contribution is 5.96. The van der Waals surface area contributed by atoms with Crippen molar-refractivity contribution in [1.29, 1.82) is 0 Å². The fraction of sp³-hybridized carbons (Fsp3) is 0.364. The van der Waals surface area contributed by atoms with E-state index in [9.17, 15) is 14.0 Å². The van der Waals surface area contributed by atoms with E-state index in [0.717, 1.165) is 31.2 Å². The van der Waals surface area contributed by atoms with Crippen LogP contribution in [0.15, 0.2) is 48.5 Å². The van der Waals surface area contributed by atoms with Crippen LogP contribution in [0.1, 0.15) is 41.6 Å². The van der Waals surface area contributed by atoms with Crippen molar-refractivity contribution in [2.75, 3.05) is 6.54 Å². The summed E-state index contributed by atoms with van der Waals surface area (Å²) >= 11 is 0. The Morgan fingerprint density at radius 2 is 1.89 bits per heavy atom. The van der Waals surface area contributed by atoms with Crippen molar-refractivity contribution >= 4 is 11.8 Å². The minimum absolute atomic E-state index is 0.115. The summed E-state index contributed by atoms with van der Waals surface area (Å²) in [6, 6.07) is 13.2. The standard InChI is InChI=1S/C22H25FN2O3/c1-15-7-6-8-16(13-15)22(27)24-14-21(26)25-18-10-3-5-12-20(18)28-19-11-4-2-9-17(19)23/h2,4,6-9,11,13,18,20H,3,5,10,12,14H2,1H3,(H,24,27)(H,25,26). The van der Waals surface area contributed by atoms with Crippen LogP contribution in [0.2, 0.25) is 0 Å². The maximum Gasteiger partial charge on any atom is 0.251 e. The molecule has 2 atom stereocenters. The van der Waals surface area contributed by atoms with Gasteiger partial charge in [-0.2, -0.15) is 0 Å². The van der Waals surface area contributed by atoms with E-state index in [1.807, 2.05) is 13.0 Å². The molecule has 5 nitrogen and oxygen atoms in total. The number of carbonyl (C=O) groups excluding carboxylic acids is 2. The normalized spacial score (nSPS) is 18.9. The Bertz CT molecular complexity index is 840. The van der Waals surface area contributed by atoms with E-state index >= 15 is 0 Å². The van der Waals surface area contributed by atoms with Gasteiger partial charge in [0.2, 0.25) is 5.91 Å². The summed E-state index contributed by atoms with van der Waals surface area (Å²) in [5, 5.41) is 5.56. The second-order valence-corrected chi connectivity index (χ2v) is 7.10. The van der Waals surface area contributed by atoms with Crippen molar-refractivity contribution in [2.24, 2.45) is 0 Å². The van der Waals surface area contributed by atoms with Gasteiger partial charge in [0.1, 0.15) is 6.10 Å². The molecule has 2 aromatic carbocycles. The predicted molar refractivity (Wildman–Crippen MR) is 105 cm³/mol. The van der Waals surface area contributed by atoms with Crippen LogP contribution in [0.3, 0.4) is 0 Å². The summed E-state index contributed by atoms with van der Waals surface area (Å²) < 4.78 is 19.7. The maximum absolute atomic E-state index is 13.9. The number of rotatable bonds is 6. The zero-order valence-electron chi connectivity index (χ0n) is 15.9. The molecule has 2 amide bonds. The summed E-state index contributed by atoms with van der Waals surface area (Å²) in [6.07, 6.45) is 3.15. The van der Waals surface area contributed by atoms with Gasteiger partial charge in [0, 0.05) is 5.56 Å². The second kappa shape index (κ2) is 9.35. The average Bonchev–Trinajstić information content (AvgIpc) is 2.69. The number of hydrogen-bond donors (Lipinski definition) is 2. The van der Waals surface area contributed by atoms with Crippen LogP contribution >= 0.6 is 0 Å². The van der Waals surface area contributed by atoms with E-state index in [1.54, 1.807) is 36.4 Å². The van der Waals surface area contributed by atoms with Gasteiger partial charge in [0.15, 0.2) is 11.6 Å². The summed E-state index contributed by atoms with van der Waals surface area (Å²) in [7, 11) is 0. The molecule has 1 aliphatic carbocycles. The first-order valence-electron chi connectivity index (χ1n) is 9.58. The number of halogens is 1. The van der Waals surface area contributed by atoms with Crippen LogP contribution in [0.5, 0.6) is 5.75 Å². The van der Waals surface area contributed by atoms with Gasteiger partial charge < -0.3 is 15.4 Å². The third-order valence-electron chi connectivity index (χ3n) is 4.85. The van der Waals surface area contributed by atoms with Gasteiger partial charge in [-0.1, -0.05) is 36.2 Å². The lowest BCUT2D eigenvalue weighted by molar-refractivity contribution is -0.121. The van der Waals surface area contributed by atoms with Crippen molar-refractivity contribution in [3.05, 3.63) is 65.5 Å². The highest BCUT2D eigenvalue weighted by atomic mass is 19.1. The van der Waals surface area contributed by atoms with Crippen molar-refractivity contribution in [3.8, 4) is 5.75 Å². The van der Waals surface area contributed by atoms with Gasteiger partial charge in [-0.05, 0) is 50.5 Å². The number of ether oxygens (including phenoxy) is 1. The largest absolute Gasteiger partial charge is 0.485 e. The van der Waals surface area contributed by atoms with Gasteiger partial charge in [-0.3, -0.25) is 9.59 Å². The maximum atomic E-state index is 13.9. The first-order chi connectivity index (χ1) is 13.5. The molecule has 2 N–H and O–H groups in total. The van der Waals surface area contributed by atoms with Gasteiger partial charge in [0.05, 0.1) is 12.6 Å². The van der Waals surface area contributed by atoms with Crippen molar-refractivity contribution < 1.29 is 18.7 Å². The average molecular weight is 384 g/mol. The highest BCUT2D eigenvalue weighted by Crippen LogP contribution is 2.25. The molecule has 2 unspecified atom stereocenters. The first kappa shape index (κ1) is 19.9. The monoisotopic (exact) mass is 384 g/mol. The SMILES string of the molecule is Cc1cccc(C(=O)NCC(=O)NC2CCCCC2Oc2ccccc2F)c1. The molecular weight excluding hydrogens is 359 g/mol. The molecule has 1 aliphatic rings. The molecule has 6 heteroatoms. The second-order valence-electron chi connectivity index (χ2n) is 7.10. The molecule has 0 radical (unpaired) electrons. The van der Waals surface area contributed by atoms with Crippen molar-refractivity contribution in [1.82, 2.24) is 10.6 Å². The van der Waals surface area contributed by atoms with E-state index < -0.39 is 5.82 Å². The number of benzene rings is 2. The smallest absolute Gasteiger partial charge is 0.251 e. The van der Waals surface area contributed by atoms with Gasteiger partial charge in [0.25, 0.3) is 5.91 Å².